The topological polar surface area (TPSA) is 100 Å². The first-order valence-corrected chi connectivity index (χ1v) is 10.2. The minimum atomic E-state index is -0.332. The van der Waals surface area contributed by atoms with Crippen LogP contribution in [-0.2, 0) is 11.3 Å². The average molecular weight is 426 g/mol. The van der Waals surface area contributed by atoms with Crippen LogP contribution in [0.15, 0.2) is 42.0 Å². The number of anilines is 2. The molecule has 30 heavy (non-hydrogen) atoms. The van der Waals surface area contributed by atoms with Gasteiger partial charge in [-0.25, -0.2) is 9.37 Å². The quantitative estimate of drug-likeness (QED) is 0.664. The molecule has 0 saturated carbocycles. The van der Waals surface area contributed by atoms with Crippen LogP contribution in [0.2, 0.25) is 0 Å². The molecule has 0 saturated heterocycles. The maximum atomic E-state index is 13.8. The lowest BCUT2D eigenvalue weighted by Gasteiger charge is -2.20. The highest BCUT2D eigenvalue weighted by Crippen LogP contribution is 2.30. The Balaban J connectivity index is 1.51. The van der Waals surface area contributed by atoms with Crippen molar-refractivity contribution in [2.24, 2.45) is 0 Å². The van der Waals surface area contributed by atoms with E-state index in [0.29, 0.717) is 36.0 Å². The van der Waals surface area contributed by atoms with Crippen LogP contribution in [-0.4, -0.2) is 38.4 Å². The SMILES string of the molecule is CC(=O)N1CCC(Nc2ccc(C(=O)Nc3nncs3)cn2)c2ccc(F)cc2C1. The number of amides is 2. The van der Waals surface area contributed by atoms with Gasteiger partial charge in [0.05, 0.1) is 11.6 Å². The molecule has 1 unspecified atom stereocenters. The summed E-state index contributed by atoms with van der Waals surface area (Å²) in [5, 5.41) is 13.9. The number of benzene rings is 1. The van der Waals surface area contributed by atoms with Crippen LogP contribution in [0.3, 0.4) is 0 Å². The van der Waals surface area contributed by atoms with Crippen LogP contribution in [0.5, 0.6) is 0 Å². The first-order chi connectivity index (χ1) is 14.5. The second-order valence-corrected chi connectivity index (χ2v) is 7.73. The van der Waals surface area contributed by atoms with Gasteiger partial charge in [-0.05, 0) is 41.8 Å². The molecule has 0 fully saturated rings. The Hall–Kier alpha value is -3.40. The summed E-state index contributed by atoms with van der Waals surface area (Å²) in [6.07, 6.45) is 2.13. The Kier molecular flexibility index (Phi) is 5.66. The van der Waals surface area contributed by atoms with Gasteiger partial charge in [0, 0.05) is 26.2 Å². The fraction of sp³-hybridized carbons (Fsp3) is 0.250. The first kappa shape index (κ1) is 19.9. The number of hydrogen-bond donors (Lipinski definition) is 2. The first-order valence-electron chi connectivity index (χ1n) is 9.33. The lowest BCUT2D eigenvalue weighted by atomic mass is 9.99. The van der Waals surface area contributed by atoms with E-state index >= 15 is 0 Å². The number of halogens is 1. The van der Waals surface area contributed by atoms with Crippen molar-refractivity contribution in [1.29, 1.82) is 0 Å². The van der Waals surface area contributed by atoms with Gasteiger partial charge in [-0.2, -0.15) is 0 Å². The molecule has 0 radical (unpaired) electrons. The summed E-state index contributed by atoms with van der Waals surface area (Å²) < 4.78 is 13.8. The number of nitrogens with one attached hydrogen (secondary N) is 2. The highest BCUT2D eigenvalue weighted by Gasteiger charge is 2.24. The van der Waals surface area contributed by atoms with Crippen molar-refractivity contribution < 1.29 is 14.0 Å². The van der Waals surface area contributed by atoms with Gasteiger partial charge in [-0.1, -0.05) is 17.4 Å². The molecule has 10 heteroatoms. The molecule has 1 aromatic carbocycles. The monoisotopic (exact) mass is 426 g/mol. The fourth-order valence-corrected chi connectivity index (χ4v) is 3.82. The van der Waals surface area contributed by atoms with E-state index in [0.717, 1.165) is 11.1 Å². The summed E-state index contributed by atoms with van der Waals surface area (Å²) in [5.74, 6) is -0.117. The molecule has 154 valence electrons. The van der Waals surface area contributed by atoms with Crippen molar-refractivity contribution in [3.63, 3.8) is 0 Å². The number of aromatic nitrogens is 3. The molecule has 0 aliphatic carbocycles. The highest BCUT2D eigenvalue weighted by atomic mass is 32.1. The van der Waals surface area contributed by atoms with Crippen LogP contribution in [0, 0.1) is 5.82 Å². The highest BCUT2D eigenvalue weighted by molar-refractivity contribution is 7.13. The fourth-order valence-electron chi connectivity index (χ4n) is 3.38. The molecule has 4 rings (SSSR count). The van der Waals surface area contributed by atoms with E-state index in [1.807, 2.05) is 0 Å². The number of fused-ring (bicyclic) bond motifs is 1. The van der Waals surface area contributed by atoms with Crippen molar-refractivity contribution in [2.75, 3.05) is 17.2 Å². The third-order valence-electron chi connectivity index (χ3n) is 4.90. The standard InChI is InChI=1S/C20H19FN6O2S/c1-12(28)27-7-6-17(16-4-3-15(21)8-14(16)10-27)24-18-5-2-13(9-22-18)19(29)25-20-26-23-11-30-20/h2-5,8-9,11,17H,6-7,10H2,1H3,(H,22,24)(H,25,26,29). The maximum Gasteiger partial charge on any atom is 0.259 e. The third kappa shape index (κ3) is 4.43. The molecule has 3 aromatic rings. The van der Waals surface area contributed by atoms with E-state index in [2.05, 4.69) is 25.8 Å². The van der Waals surface area contributed by atoms with Gasteiger partial charge >= 0.3 is 0 Å². The minimum absolute atomic E-state index is 0.0465. The summed E-state index contributed by atoms with van der Waals surface area (Å²) in [6, 6.07) is 7.88. The lowest BCUT2D eigenvalue weighted by molar-refractivity contribution is -0.129. The Morgan fingerprint density at radius 3 is 2.83 bits per heavy atom. The van der Waals surface area contributed by atoms with Gasteiger partial charge in [0.1, 0.15) is 17.1 Å². The Labute approximate surface area is 176 Å². The van der Waals surface area contributed by atoms with Crippen LogP contribution >= 0.6 is 11.3 Å². The number of nitrogens with zero attached hydrogens (tertiary/aromatic N) is 4. The smallest absolute Gasteiger partial charge is 0.259 e. The normalized spacial score (nSPS) is 15.8. The predicted octanol–water partition coefficient (Wildman–Crippen LogP) is 3.23. The Bertz CT molecular complexity index is 1060. The molecule has 1 aliphatic heterocycles. The van der Waals surface area contributed by atoms with Gasteiger partial charge in [-0.3, -0.25) is 14.9 Å². The molecule has 0 spiro atoms. The van der Waals surface area contributed by atoms with Crippen molar-refractivity contribution >= 4 is 34.1 Å². The molecule has 0 bridgehead atoms. The summed E-state index contributed by atoms with van der Waals surface area (Å²) in [7, 11) is 0. The second kappa shape index (κ2) is 8.54. The van der Waals surface area contributed by atoms with E-state index in [9.17, 15) is 14.0 Å². The van der Waals surface area contributed by atoms with Gasteiger partial charge in [0.15, 0.2) is 0 Å². The average Bonchev–Trinajstić information content (AvgIpc) is 3.16. The van der Waals surface area contributed by atoms with E-state index in [4.69, 9.17) is 0 Å². The van der Waals surface area contributed by atoms with E-state index in [-0.39, 0.29) is 23.7 Å². The maximum absolute atomic E-state index is 13.8. The predicted molar refractivity (Wildman–Crippen MR) is 111 cm³/mol. The summed E-state index contributed by atoms with van der Waals surface area (Å²) >= 11 is 1.23. The van der Waals surface area contributed by atoms with Gasteiger partial charge < -0.3 is 10.2 Å². The molecule has 2 amide bonds. The number of carbonyl (C=O) groups excluding carboxylic acids is 2. The molecule has 1 aliphatic rings. The van der Waals surface area contributed by atoms with Gasteiger partial charge in [0.2, 0.25) is 11.0 Å². The molecular formula is C20H19FN6O2S. The molecule has 1 atom stereocenters. The van der Waals surface area contributed by atoms with Crippen molar-refractivity contribution in [3.8, 4) is 0 Å². The van der Waals surface area contributed by atoms with Crippen molar-refractivity contribution in [1.82, 2.24) is 20.1 Å². The number of rotatable bonds is 4. The third-order valence-corrected chi connectivity index (χ3v) is 5.51. The number of pyridine rings is 1. The van der Waals surface area contributed by atoms with Gasteiger partial charge in [-0.15, -0.1) is 10.2 Å². The van der Waals surface area contributed by atoms with Crippen LogP contribution in [0.1, 0.15) is 40.9 Å². The van der Waals surface area contributed by atoms with E-state index in [1.54, 1.807) is 23.1 Å². The largest absolute Gasteiger partial charge is 0.363 e. The zero-order valence-electron chi connectivity index (χ0n) is 16.1. The van der Waals surface area contributed by atoms with E-state index in [1.165, 1.54) is 42.1 Å². The zero-order chi connectivity index (χ0) is 21.1. The molecule has 3 heterocycles. The number of carbonyl (C=O) groups is 2. The molecular weight excluding hydrogens is 407 g/mol. The Morgan fingerprint density at radius 1 is 1.27 bits per heavy atom. The summed E-state index contributed by atoms with van der Waals surface area (Å²) in [5.41, 5.74) is 3.63. The zero-order valence-corrected chi connectivity index (χ0v) is 16.9. The molecule has 8 nitrogen and oxygen atoms in total. The lowest BCUT2D eigenvalue weighted by Crippen LogP contribution is -2.28. The van der Waals surface area contributed by atoms with Crippen LogP contribution in [0.4, 0.5) is 15.3 Å². The summed E-state index contributed by atoms with van der Waals surface area (Å²) in [6.45, 7) is 2.43. The summed E-state index contributed by atoms with van der Waals surface area (Å²) in [4.78, 5) is 30.2. The van der Waals surface area contributed by atoms with E-state index < -0.39 is 0 Å². The van der Waals surface area contributed by atoms with Gasteiger partial charge in [0.25, 0.3) is 5.91 Å². The molecule has 2 aromatic heterocycles. The Morgan fingerprint density at radius 2 is 2.13 bits per heavy atom. The van der Waals surface area contributed by atoms with Crippen LogP contribution < -0.4 is 10.6 Å². The number of hydrogen-bond acceptors (Lipinski definition) is 7. The second-order valence-electron chi connectivity index (χ2n) is 6.90. The minimum Gasteiger partial charge on any atom is -0.363 e. The molecule has 2 N–H and O–H groups in total. The van der Waals surface area contributed by atoms with Crippen LogP contribution in [0.25, 0.3) is 0 Å². The van der Waals surface area contributed by atoms with Crippen molar-refractivity contribution in [2.45, 2.75) is 25.9 Å². The van der Waals surface area contributed by atoms with Crippen molar-refractivity contribution in [3.05, 3.63) is 64.5 Å².